The zero-order valence-electron chi connectivity index (χ0n) is 20.9. The Morgan fingerprint density at radius 2 is 0.903 bits per heavy atom. The highest BCUT2D eigenvalue weighted by atomic mass is 32.2. The molecule has 0 aliphatic carbocycles. The Morgan fingerprint density at radius 1 is 0.581 bits per heavy atom. The van der Waals surface area contributed by atoms with E-state index in [1.54, 1.807) is 0 Å². The zero-order valence-corrected chi connectivity index (χ0v) is 21.7. The second-order valence-electron chi connectivity index (χ2n) is 8.88. The molecular weight excluding hydrogens is 413 g/mol. The number of unbranched alkanes of at least 4 members (excludes halogenated alkanes) is 18. The summed E-state index contributed by atoms with van der Waals surface area (Å²) in [6, 6.07) is 0. The van der Waals surface area contributed by atoms with Crippen molar-refractivity contribution in [2.45, 2.75) is 154 Å². The van der Waals surface area contributed by atoms with E-state index in [1.807, 2.05) is 0 Å². The lowest BCUT2D eigenvalue weighted by Gasteiger charge is -2.10. The highest BCUT2D eigenvalue weighted by molar-refractivity contribution is 7.87. The minimum Gasteiger partial charge on any atom is -0.344 e. The van der Waals surface area contributed by atoms with E-state index in [1.165, 1.54) is 83.5 Å². The van der Waals surface area contributed by atoms with Crippen molar-refractivity contribution < 1.29 is 17.0 Å². The van der Waals surface area contributed by atoms with Gasteiger partial charge >= 0.3 is 0 Å². The van der Waals surface area contributed by atoms with Gasteiger partial charge in [-0.05, 0) is 19.3 Å². The topological polar surface area (TPSA) is 78.4 Å². The lowest BCUT2D eigenvalue weighted by molar-refractivity contribution is 0.270. The number of halogens is 1. The Morgan fingerprint density at radius 3 is 1.29 bits per heavy atom. The summed E-state index contributed by atoms with van der Waals surface area (Å²) in [6.07, 6.45) is 23.5. The van der Waals surface area contributed by atoms with Crippen molar-refractivity contribution in [3.8, 4) is 0 Å². The molecule has 0 radical (unpaired) electrons. The van der Waals surface area contributed by atoms with Crippen molar-refractivity contribution >= 4 is 10.1 Å². The minimum absolute atomic E-state index is 0. The molecule has 0 aromatic heterocycles. The van der Waals surface area contributed by atoms with Crippen molar-refractivity contribution in [3.05, 3.63) is 0 Å². The molecule has 0 aliphatic heterocycles. The van der Waals surface area contributed by atoms with Gasteiger partial charge in [-0.2, -0.15) is 8.42 Å². The highest BCUT2D eigenvalue weighted by Crippen LogP contribution is 2.17. The van der Waals surface area contributed by atoms with Gasteiger partial charge in [0, 0.05) is 0 Å². The van der Waals surface area contributed by atoms with Crippen LogP contribution in [0.3, 0.4) is 0 Å². The van der Waals surface area contributed by atoms with Crippen LogP contribution >= 0.6 is 0 Å². The van der Waals surface area contributed by atoms with E-state index < -0.39 is 15.6 Å². The molecule has 0 fully saturated rings. The first kappa shape index (κ1) is 33.0. The molecule has 3 N–H and O–H groups in total. The smallest absolute Gasteiger partial charge is 0.299 e. The first-order valence-electron chi connectivity index (χ1n) is 13.1. The van der Waals surface area contributed by atoms with Crippen LogP contribution in [0.25, 0.3) is 0 Å². The molecule has 0 aromatic rings. The summed E-state index contributed by atoms with van der Waals surface area (Å²) in [4.78, 5) is 0. The number of hydrogen-bond donors (Lipinski definition) is 1. The van der Waals surface area contributed by atoms with Crippen LogP contribution in [-0.2, 0) is 14.3 Å². The Balaban J connectivity index is 0. The molecule has 0 rings (SSSR count). The van der Waals surface area contributed by atoms with Gasteiger partial charge in [-0.25, -0.2) is 4.39 Å². The molecule has 0 aromatic carbocycles. The van der Waals surface area contributed by atoms with E-state index in [2.05, 4.69) is 13.8 Å². The fourth-order valence-corrected chi connectivity index (χ4v) is 4.73. The minimum atomic E-state index is -4.04. The summed E-state index contributed by atoms with van der Waals surface area (Å²) in [5, 5.41) is 0. The van der Waals surface area contributed by atoms with Gasteiger partial charge in [0.1, 0.15) is 0 Å². The number of alkyl halides is 1. The Kier molecular flexibility index (Phi) is 26.0. The molecule has 190 valence electrons. The molecule has 0 heterocycles. The van der Waals surface area contributed by atoms with E-state index in [0.29, 0.717) is 12.8 Å². The summed E-state index contributed by atoms with van der Waals surface area (Å²) in [6.45, 7) is 4.55. The van der Waals surface area contributed by atoms with Gasteiger partial charge in [0.2, 0.25) is 5.50 Å². The fourth-order valence-electron chi connectivity index (χ4n) is 3.78. The van der Waals surface area contributed by atoms with Crippen LogP contribution in [0, 0.1) is 0 Å². The van der Waals surface area contributed by atoms with Crippen LogP contribution in [-0.4, -0.2) is 20.5 Å². The van der Waals surface area contributed by atoms with E-state index in [4.69, 9.17) is 4.18 Å². The standard InChI is InChI=1S/C25H51FO3S.H3N/c1-3-5-7-9-11-12-13-14-15-16-18-20-22-24-29-30(27,28)25(26)23-21-19-17-10-8-6-4-2;/h25H,3-24H2,1-2H3;1H3. The molecule has 0 saturated heterocycles. The zero-order chi connectivity index (χ0) is 22.3. The average Bonchev–Trinajstić information content (AvgIpc) is 2.73. The molecule has 0 aliphatic rings. The van der Waals surface area contributed by atoms with Gasteiger partial charge in [-0.1, -0.05) is 129 Å². The average molecular weight is 468 g/mol. The Labute approximate surface area is 194 Å². The number of rotatable bonds is 24. The largest absolute Gasteiger partial charge is 0.344 e. The van der Waals surface area contributed by atoms with E-state index in [9.17, 15) is 12.8 Å². The normalized spacial score (nSPS) is 12.6. The van der Waals surface area contributed by atoms with Crippen molar-refractivity contribution in [1.29, 1.82) is 0 Å². The third-order valence-electron chi connectivity index (χ3n) is 5.84. The van der Waals surface area contributed by atoms with Crippen molar-refractivity contribution in [2.75, 3.05) is 6.61 Å². The van der Waals surface area contributed by atoms with Crippen molar-refractivity contribution in [2.24, 2.45) is 0 Å². The van der Waals surface area contributed by atoms with Crippen molar-refractivity contribution in [1.82, 2.24) is 6.15 Å². The van der Waals surface area contributed by atoms with Gasteiger partial charge in [0.15, 0.2) is 0 Å². The second kappa shape index (κ2) is 24.4. The summed E-state index contributed by atoms with van der Waals surface area (Å²) >= 11 is 0. The summed E-state index contributed by atoms with van der Waals surface area (Å²) in [7, 11) is -4.04. The van der Waals surface area contributed by atoms with Gasteiger partial charge in [-0.15, -0.1) is 0 Å². The molecule has 6 heteroatoms. The van der Waals surface area contributed by atoms with Gasteiger partial charge in [0.25, 0.3) is 10.1 Å². The lowest BCUT2D eigenvalue weighted by atomic mass is 10.0. The number of hydrogen-bond acceptors (Lipinski definition) is 4. The summed E-state index contributed by atoms with van der Waals surface area (Å²) < 4.78 is 42.6. The van der Waals surface area contributed by atoms with Crippen LogP contribution in [0.15, 0.2) is 0 Å². The van der Waals surface area contributed by atoms with Crippen LogP contribution in [0.1, 0.15) is 149 Å². The monoisotopic (exact) mass is 467 g/mol. The summed E-state index contributed by atoms with van der Waals surface area (Å²) in [5.74, 6) is 0. The van der Waals surface area contributed by atoms with E-state index in [0.717, 1.165) is 32.1 Å². The third kappa shape index (κ3) is 22.8. The molecule has 0 amide bonds. The second-order valence-corrected chi connectivity index (χ2v) is 10.6. The van der Waals surface area contributed by atoms with Crippen LogP contribution in [0.2, 0.25) is 0 Å². The first-order valence-corrected chi connectivity index (χ1v) is 14.5. The predicted molar refractivity (Wildman–Crippen MR) is 133 cm³/mol. The van der Waals surface area contributed by atoms with Gasteiger partial charge < -0.3 is 6.15 Å². The maximum absolute atomic E-state index is 14.0. The molecule has 4 nitrogen and oxygen atoms in total. The predicted octanol–water partition coefficient (Wildman–Crippen LogP) is 9.02. The molecular formula is C25H54FNO3S. The van der Waals surface area contributed by atoms with E-state index in [-0.39, 0.29) is 19.2 Å². The molecule has 1 unspecified atom stereocenters. The third-order valence-corrected chi connectivity index (χ3v) is 7.20. The van der Waals surface area contributed by atoms with Crippen LogP contribution in [0.4, 0.5) is 4.39 Å². The lowest BCUT2D eigenvalue weighted by Crippen LogP contribution is -2.19. The SMILES string of the molecule is CCCCCCCCCCCCCCCOS(=O)(=O)C(F)CCCCCCCCC.N. The quantitative estimate of drug-likeness (QED) is 0.113. The summed E-state index contributed by atoms with van der Waals surface area (Å²) in [5.41, 5.74) is -1.87. The van der Waals surface area contributed by atoms with Crippen LogP contribution in [0.5, 0.6) is 0 Å². The maximum Gasteiger partial charge on any atom is 0.299 e. The van der Waals surface area contributed by atoms with E-state index >= 15 is 0 Å². The first-order chi connectivity index (χ1) is 14.5. The Hall–Kier alpha value is -0.200. The molecule has 31 heavy (non-hydrogen) atoms. The van der Waals surface area contributed by atoms with Crippen LogP contribution < -0.4 is 6.15 Å². The maximum atomic E-state index is 14.0. The molecule has 1 atom stereocenters. The van der Waals surface area contributed by atoms with Gasteiger partial charge in [0.05, 0.1) is 6.61 Å². The molecule has 0 saturated carbocycles. The van der Waals surface area contributed by atoms with Gasteiger partial charge in [-0.3, -0.25) is 4.18 Å². The fraction of sp³-hybridized carbons (Fsp3) is 1.00. The van der Waals surface area contributed by atoms with Crippen molar-refractivity contribution in [3.63, 3.8) is 0 Å². The Bertz CT molecular complexity index is 446. The molecule has 0 bridgehead atoms. The molecule has 0 spiro atoms. The highest BCUT2D eigenvalue weighted by Gasteiger charge is 2.25.